The van der Waals surface area contributed by atoms with Crippen molar-refractivity contribution in [2.75, 3.05) is 18.5 Å². The number of aliphatic hydroxyl groups excluding tert-OH is 1. The summed E-state index contributed by atoms with van der Waals surface area (Å²) in [5.41, 5.74) is 2.63. The van der Waals surface area contributed by atoms with Gasteiger partial charge in [0.15, 0.2) is 5.65 Å². The van der Waals surface area contributed by atoms with Crippen molar-refractivity contribution in [1.82, 2.24) is 14.7 Å². The van der Waals surface area contributed by atoms with Gasteiger partial charge in [-0.05, 0) is 49.6 Å². The summed E-state index contributed by atoms with van der Waals surface area (Å²) < 4.78 is 59.5. The number of halogens is 4. The predicted molar refractivity (Wildman–Crippen MR) is 138 cm³/mol. The Morgan fingerprint density at radius 3 is 2.62 bits per heavy atom. The number of hydrogen-bond acceptors (Lipinski definition) is 5. The van der Waals surface area contributed by atoms with Gasteiger partial charge in [-0.15, -0.1) is 0 Å². The SMILES string of the molecule is Cc1cc(-c2cnc3c(NCCC(F)(F)F)cc(Oc4cccc(F)c4)cn23)ccc1C(=O)NC1(CO)CC1. The van der Waals surface area contributed by atoms with E-state index in [1.807, 2.05) is 6.07 Å². The summed E-state index contributed by atoms with van der Waals surface area (Å²) >= 11 is 0. The Morgan fingerprint density at radius 1 is 1.15 bits per heavy atom. The Bertz CT molecular complexity index is 1530. The number of rotatable bonds is 9. The monoisotopic (exact) mass is 542 g/mol. The van der Waals surface area contributed by atoms with Crippen LogP contribution in [0.15, 0.2) is 60.9 Å². The highest BCUT2D eigenvalue weighted by atomic mass is 19.4. The molecule has 1 aliphatic rings. The van der Waals surface area contributed by atoms with Gasteiger partial charge < -0.3 is 20.5 Å². The molecule has 204 valence electrons. The number of imidazole rings is 1. The van der Waals surface area contributed by atoms with Crippen LogP contribution >= 0.6 is 0 Å². The van der Waals surface area contributed by atoms with E-state index in [1.165, 1.54) is 24.3 Å². The first-order valence-electron chi connectivity index (χ1n) is 12.4. The Hall–Kier alpha value is -4.12. The van der Waals surface area contributed by atoms with E-state index in [0.717, 1.165) is 12.8 Å². The first-order valence-corrected chi connectivity index (χ1v) is 12.4. The molecule has 0 saturated heterocycles. The molecule has 0 atom stereocenters. The lowest BCUT2D eigenvalue weighted by Gasteiger charge is -2.16. The van der Waals surface area contributed by atoms with E-state index in [2.05, 4.69) is 15.6 Å². The van der Waals surface area contributed by atoms with E-state index >= 15 is 0 Å². The van der Waals surface area contributed by atoms with Crippen molar-refractivity contribution in [1.29, 1.82) is 0 Å². The molecule has 7 nitrogen and oxygen atoms in total. The van der Waals surface area contributed by atoms with Gasteiger partial charge in [0.25, 0.3) is 5.91 Å². The van der Waals surface area contributed by atoms with Crippen molar-refractivity contribution >= 4 is 17.2 Å². The molecule has 1 fully saturated rings. The van der Waals surface area contributed by atoms with Gasteiger partial charge in [0.1, 0.15) is 17.3 Å². The van der Waals surface area contributed by atoms with Crippen LogP contribution in [0.4, 0.5) is 23.2 Å². The fraction of sp³-hybridized carbons (Fsp3) is 0.286. The third-order valence-electron chi connectivity index (χ3n) is 6.64. The summed E-state index contributed by atoms with van der Waals surface area (Å²) in [6, 6.07) is 12.3. The molecule has 0 spiro atoms. The van der Waals surface area contributed by atoms with E-state index < -0.39 is 24.0 Å². The number of ether oxygens (including phenoxy) is 1. The van der Waals surface area contributed by atoms with E-state index in [1.54, 1.807) is 41.9 Å². The number of aliphatic hydroxyl groups is 1. The number of aryl methyl sites for hydroxylation is 1. The summed E-state index contributed by atoms with van der Waals surface area (Å²) in [6.07, 6.45) is -0.716. The summed E-state index contributed by atoms with van der Waals surface area (Å²) in [4.78, 5) is 17.2. The van der Waals surface area contributed by atoms with Crippen LogP contribution in [0.25, 0.3) is 16.9 Å². The van der Waals surface area contributed by atoms with Gasteiger partial charge in [-0.25, -0.2) is 9.37 Å². The predicted octanol–water partition coefficient (Wildman–Crippen LogP) is 5.86. The minimum atomic E-state index is -4.33. The maximum absolute atomic E-state index is 13.7. The number of benzene rings is 2. The number of nitrogens with zero attached hydrogens (tertiary/aromatic N) is 2. The molecule has 2 aromatic heterocycles. The zero-order valence-corrected chi connectivity index (χ0v) is 21.0. The Balaban J connectivity index is 1.49. The van der Waals surface area contributed by atoms with Crippen LogP contribution in [0.3, 0.4) is 0 Å². The normalized spacial score (nSPS) is 14.3. The second-order valence-corrected chi connectivity index (χ2v) is 9.70. The molecule has 0 aliphatic heterocycles. The van der Waals surface area contributed by atoms with Crippen LogP contribution in [0.1, 0.15) is 35.2 Å². The maximum Gasteiger partial charge on any atom is 0.390 e. The number of fused-ring (bicyclic) bond motifs is 1. The topological polar surface area (TPSA) is 87.9 Å². The number of aromatic nitrogens is 2. The number of nitrogens with one attached hydrogen (secondary N) is 2. The Morgan fingerprint density at radius 2 is 1.95 bits per heavy atom. The van der Waals surface area contributed by atoms with E-state index in [9.17, 15) is 27.5 Å². The van der Waals surface area contributed by atoms with Crippen LogP contribution in [-0.4, -0.2) is 45.3 Å². The van der Waals surface area contributed by atoms with E-state index in [4.69, 9.17) is 4.74 Å². The van der Waals surface area contributed by atoms with Crippen molar-refractivity contribution in [2.24, 2.45) is 0 Å². The fourth-order valence-corrected chi connectivity index (χ4v) is 4.33. The number of anilines is 1. The zero-order valence-electron chi connectivity index (χ0n) is 21.0. The molecule has 1 amide bonds. The average molecular weight is 543 g/mol. The van der Waals surface area contributed by atoms with Crippen molar-refractivity contribution < 1.29 is 32.2 Å². The summed E-state index contributed by atoms with van der Waals surface area (Å²) in [5, 5.41) is 15.2. The zero-order chi connectivity index (χ0) is 27.8. The second-order valence-electron chi connectivity index (χ2n) is 9.70. The first kappa shape index (κ1) is 26.5. The minimum absolute atomic E-state index is 0.114. The number of pyridine rings is 1. The van der Waals surface area contributed by atoms with Gasteiger partial charge in [-0.2, -0.15) is 13.2 Å². The standard InChI is InChI=1S/C28H26F4N4O3/c1-17-11-18(5-6-22(17)26(38)35-27(16-37)7-8-27)24-14-34-25-23(33-10-9-28(30,31)32)13-21(15-36(24)25)39-20-4-2-3-19(29)12-20/h2-6,11-15,33,37H,7-10,16H2,1H3,(H,35,38). The van der Waals surface area contributed by atoms with Crippen LogP contribution in [-0.2, 0) is 0 Å². The molecule has 5 rings (SSSR count). The van der Waals surface area contributed by atoms with Crippen molar-refractivity contribution in [3.05, 3.63) is 77.9 Å². The molecular weight excluding hydrogens is 516 g/mol. The lowest BCUT2D eigenvalue weighted by atomic mass is 10.0. The molecule has 1 saturated carbocycles. The smallest absolute Gasteiger partial charge is 0.390 e. The number of alkyl halides is 3. The molecule has 2 heterocycles. The number of carbonyl (C=O) groups excluding carboxylic acids is 1. The fourth-order valence-electron chi connectivity index (χ4n) is 4.33. The lowest BCUT2D eigenvalue weighted by molar-refractivity contribution is -0.131. The van der Waals surface area contributed by atoms with E-state index in [0.29, 0.717) is 33.7 Å². The van der Waals surface area contributed by atoms with Gasteiger partial charge in [-0.1, -0.05) is 12.1 Å². The molecule has 0 radical (unpaired) electrons. The molecule has 39 heavy (non-hydrogen) atoms. The summed E-state index contributed by atoms with van der Waals surface area (Å²) in [5.74, 6) is -0.287. The number of carbonyl (C=O) groups is 1. The number of amides is 1. The van der Waals surface area contributed by atoms with Crippen molar-refractivity contribution in [2.45, 2.75) is 37.9 Å². The third-order valence-corrected chi connectivity index (χ3v) is 6.64. The molecular formula is C28H26F4N4O3. The average Bonchev–Trinajstić information content (AvgIpc) is 3.51. The maximum atomic E-state index is 13.7. The molecule has 11 heteroatoms. The van der Waals surface area contributed by atoms with Gasteiger partial charge >= 0.3 is 6.18 Å². The van der Waals surface area contributed by atoms with Crippen molar-refractivity contribution in [3.63, 3.8) is 0 Å². The first-order chi connectivity index (χ1) is 18.6. The van der Waals surface area contributed by atoms with Crippen molar-refractivity contribution in [3.8, 4) is 22.8 Å². The highest BCUT2D eigenvalue weighted by molar-refractivity contribution is 5.97. The highest BCUT2D eigenvalue weighted by Gasteiger charge is 2.43. The third kappa shape index (κ3) is 5.98. The Labute approximate surface area is 221 Å². The molecule has 2 aromatic carbocycles. The van der Waals surface area contributed by atoms with Crippen LogP contribution in [0, 0.1) is 12.7 Å². The lowest BCUT2D eigenvalue weighted by Crippen LogP contribution is -2.39. The molecule has 0 bridgehead atoms. The quantitative estimate of drug-likeness (QED) is 0.231. The Kier molecular flexibility index (Phi) is 6.94. The van der Waals surface area contributed by atoms with Crippen LogP contribution in [0.2, 0.25) is 0 Å². The molecule has 1 aliphatic carbocycles. The van der Waals surface area contributed by atoms with Gasteiger partial charge in [0.05, 0.1) is 42.3 Å². The largest absolute Gasteiger partial charge is 0.456 e. The number of hydrogen-bond donors (Lipinski definition) is 3. The second kappa shape index (κ2) is 10.2. The molecule has 4 aromatic rings. The minimum Gasteiger partial charge on any atom is -0.456 e. The van der Waals surface area contributed by atoms with Gasteiger partial charge in [0.2, 0.25) is 0 Å². The molecule has 3 N–H and O–H groups in total. The van der Waals surface area contributed by atoms with Gasteiger partial charge in [-0.3, -0.25) is 9.20 Å². The van der Waals surface area contributed by atoms with Crippen LogP contribution < -0.4 is 15.4 Å². The molecule has 0 unspecified atom stereocenters. The summed E-state index contributed by atoms with van der Waals surface area (Å²) in [6.45, 7) is 1.31. The van der Waals surface area contributed by atoms with Crippen LogP contribution in [0.5, 0.6) is 11.5 Å². The summed E-state index contributed by atoms with van der Waals surface area (Å²) in [7, 11) is 0. The highest BCUT2D eigenvalue weighted by Crippen LogP contribution is 2.36. The van der Waals surface area contributed by atoms with E-state index in [-0.39, 0.29) is 30.6 Å². The van der Waals surface area contributed by atoms with Gasteiger partial charge in [0, 0.05) is 29.8 Å².